The first-order chi connectivity index (χ1) is 13.0. The molecule has 0 saturated carbocycles. The topological polar surface area (TPSA) is 111 Å². The average Bonchev–Trinajstić information content (AvgIpc) is 2.66. The molecule has 0 spiro atoms. The molecule has 0 fully saturated rings. The van der Waals surface area contributed by atoms with Crippen LogP contribution in [0.15, 0.2) is 48.5 Å². The lowest BCUT2D eigenvalue weighted by atomic mass is 10.2. The van der Waals surface area contributed by atoms with Crippen LogP contribution in [-0.4, -0.2) is 37.3 Å². The van der Waals surface area contributed by atoms with E-state index >= 15 is 0 Å². The summed E-state index contributed by atoms with van der Waals surface area (Å²) in [5, 5.41) is 5.16. The molecule has 8 nitrogen and oxygen atoms in total. The van der Waals surface area contributed by atoms with E-state index in [4.69, 9.17) is 9.47 Å². The summed E-state index contributed by atoms with van der Waals surface area (Å²) in [4.78, 5) is 45.3. The second kappa shape index (κ2) is 9.71. The van der Waals surface area contributed by atoms with Gasteiger partial charge in [0.2, 0.25) is 5.91 Å². The highest BCUT2D eigenvalue weighted by molar-refractivity contribution is 5.93. The highest BCUT2D eigenvalue weighted by Crippen LogP contribution is 2.15. The fourth-order valence-corrected chi connectivity index (χ4v) is 2.07. The van der Waals surface area contributed by atoms with E-state index in [0.29, 0.717) is 23.2 Å². The van der Waals surface area contributed by atoms with Crippen LogP contribution in [0.3, 0.4) is 0 Å². The van der Waals surface area contributed by atoms with Gasteiger partial charge in [0.25, 0.3) is 5.91 Å². The lowest BCUT2D eigenvalue weighted by molar-refractivity contribution is -0.149. The molecule has 2 rings (SSSR count). The maximum Gasteiger partial charge on any atom is 0.344 e. The van der Waals surface area contributed by atoms with Crippen molar-refractivity contribution in [2.24, 2.45) is 0 Å². The number of aldehydes is 1. The number of ether oxygens (including phenoxy) is 2. The average molecular weight is 370 g/mol. The Morgan fingerprint density at radius 3 is 2.19 bits per heavy atom. The second-order valence-electron chi connectivity index (χ2n) is 5.41. The van der Waals surface area contributed by atoms with Gasteiger partial charge >= 0.3 is 5.97 Å². The van der Waals surface area contributed by atoms with Crippen LogP contribution >= 0.6 is 0 Å². The third-order valence-electron chi connectivity index (χ3n) is 3.24. The first-order valence-electron chi connectivity index (χ1n) is 7.98. The quantitative estimate of drug-likeness (QED) is 0.543. The molecular weight excluding hydrogens is 352 g/mol. The molecule has 2 aromatic rings. The summed E-state index contributed by atoms with van der Waals surface area (Å²) in [6, 6.07) is 12.9. The van der Waals surface area contributed by atoms with Gasteiger partial charge in [-0.2, -0.15) is 0 Å². The third-order valence-corrected chi connectivity index (χ3v) is 3.24. The molecule has 0 aliphatic rings. The summed E-state index contributed by atoms with van der Waals surface area (Å²) in [7, 11) is 0. The third kappa shape index (κ3) is 6.62. The molecule has 0 aliphatic heterocycles. The molecule has 2 N–H and O–H groups in total. The van der Waals surface area contributed by atoms with Gasteiger partial charge in [-0.1, -0.05) is 12.1 Å². The predicted molar refractivity (Wildman–Crippen MR) is 97.7 cm³/mol. The normalized spacial score (nSPS) is 9.81. The molecule has 0 unspecified atom stereocenters. The number of hydrogen-bond acceptors (Lipinski definition) is 6. The summed E-state index contributed by atoms with van der Waals surface area (Å²) in [6.07, 6.45) is 0.616. The number of amides is 2. The van der Waals surface area contributed by atoms with Crippen LogP contribution in [0.1, 0.15) is 17.3 Å². The van der Waals surface area contributed by atoms with Gasteiger partial charge in [0.1, 0.15) is 5.75 Å². The molecule has 0 bridgehead atoms. The highest BCUT2D eigenvalue weighted by atomic mass is 16.6. The Morgan fingerprint density at radius 2 is 1.56 bits per heavy atom. The summed E-state index contributed by atoms with van der Waals surface area (Å²) < 4.78 is 10.0. The van der Waals surface area contributed by atoms with E-state index in [1.807, 2.05) is 0 Å². The van der Waals surface area contributed by atoms with Gasteiger partial charge in [0.05, 0.1) is 5.56 Å². The summed E-state index contributed by atoms with van der Waals surface area (Å²) in [5.41, 5.74) is 1.40. The fourth-order valence-electron chi connectivity index (χ4n) is 2.07. The van der Waals surface area contributed by atoms with Crippen LogP contribution in [0.25, 0.3) is 0 Å². The van der Waals surface area contributed by atoms with Gasteiger partial charge < -0.3 is 20.1 Å². The van der Waals surface area contributed by atoms with Crippen LogP contribution in [0, 0.1) is 0 Å². The number of nitrogens with one attached hydrogen (secondary N) is 2. The van der Waals surface area contributed by atoms with Gasteiger partial charge in [-0.15, -0.1) is 0 Å². The molecular formula is C19H18N2O6. The van der Waals surface area contributed by atoms with Crippen LogP contribution in [0.4, 0.5) is 11.4 Å². The zero-order chi connectivity index (χ0) is 19.6. The van der Waals surface area contributed by atoms with E-state index in [1.165, 1.54) is 6.92 Å². The van der Waals surface area contributed by atoms with Crippen molar-refractivity contribution in [2.75, 3.05) is 23.8 Å². The largest absolute Gasteiger partial charge is 0.481 e. The number of esters is 1. The van der Waals surface area contributed by atoms with Crippen molar-refractivity contribution < 1.29 is 28.7 Å². The minimum Gasteiger partial charge on any atom is -0.481 e. The summed E-state index contributed by atoms with van der Waals surface area (Å²) in [6.45, 7) is 0.486. The summed E-state index contributed by atoms with van der Waals surface area (Å²) in [5.74, 6) is -1.21. The Morgan fingerprint density at radius 1 is 0.926 bits per heavy atom. The van der Waals surface area contributed by atoms with E-state index in [1.54, 1.807) is 48.5 Å². The van der Waals surface area contributed by atoms with Crippen LogP contribution in [0.2, 0.25) is 0 Å². The number of hydrogen-bond donors (Lipinski definition) is 2. The number of carbonyl (C=O) groups excluding carboxylic acids is 4. The molecule has 8 heteroatoms. The molecule has 0 radical (unpaired) electrons. The van der Waals surface area contributed by atoms with Crippen molar-refractivity contribution in [3.63, 3.8) is 0 Å². The SMILES string of the molecule is CC(=O)Nc1ccc(NC(=O)COC(=O)COc2ccccc2C=O)cc1. The number of rotatable bonds is 8. The standard InChI is InChI=1S/C19H18N2O6/c1-13(23)20-15-6-8-16(9-7-15)21-18(24)11-27-19(25)12-26-17-5-3-2-4-14(17)10-22/h2-10H,11-12H2,1H3,(H,20,23)(H,21,24). The van der Waals surface area contributed by atoms with Gasteiger partial charge in [0, 0.05) is 18.3 Å². The Balaban J connectivity index is 1.75. The maximum atomic E-state index is 11.8. The zero-order valence-electron chi connectivity index (χ0n) is 14.6. The van der Waals surface area contributed by atoms with Crippen molar-refractivity contribution in [1.82, 2.24) is 0 Å². The van der Waals surface area contributed by atoms with E-state index < -0.39 is 25.1 Å². The van der Waals surface area contributed by atoms with E-state index in [9.17, 15) is 19.2 Å². The van der Waals surface area contributed by atoms with Crippen molar-refractivity contribution in [3.8, 4) is 5.75 Å². The first-order valence-corrected chi connectivity index (χ1v) is 7.98. The Hall–Kier alpha value is -3.68. The second-order valence-corrected chi connectivity index (χ2v) is 5.41. The van der Waals surface area contributed by atoms with Crippen molar-refractivity contribution >= 4 is 35.4 Å². The fraction of sp³-hybridized carbons (Fsp3) is 0.158. The van der Waals surface area contributed by atoms with E-state index in [2.05, 4.69) is 10.6 Å². The smallest absolute Gasteiger partial charge is 0.344 e. The molecule has 140 valence electrons. The molecule has 0 aromatic heterocycles. The van der Waals surface area contributed by atoms with Crippen molar-refractivity contribution in [3.05, 3.63) is 54.1 Å². The molecule has 2 aromatic carbocycles. The Kier molecular flexibility index (Phi) is 7.07. The molecule has 2 amide bonds. The Bertz CT molecular complexity index is 832. The lowest BCUT2D eigenvalue weighted by Crippen LogP contribution is -2.23. The molecule has 0 saturated heterocycles. The van der Waals surface area contributed by atoms with Gasteiger partial charge in [-0.05, 0) is 36.4 Å². The number of carbonyl (C=O) groups is 4. The molecule has 0 atom stereocenters. The van der Waals surface area contributed by atoms with Gasteiger partial charge in [0.15, 0.2) is 19.5 Å². The maximum absolute atomic E-state index is 11.8. The number of para-hydroxylation sites is 1. The van der Waals surface area contributed by atoms with Crippen molar-refractivity contribution in [1.29, 1.82) is 0 Å². The Labute approximate surface area is 155 Å². The van der Waals surface area contributed by atoms with E-state index in [-0.39, 0.29) is 11.7 Å². The monoisotopic (exact) mass is 370 g/mol. The predicted octanol–water partition coefficient (Wildman–Crippen LogP) is 2.02. The lowest BCUT2D eigenvalue weighted by Gasteiger charge is -2.09. The number of benzene rings is 2. The van der Waals surface area contributed by atoms with Crippen LogP contribution in [-0.2, 0) is 19.1 Å². The zero-order valence-corrected chi connectivity index (χ0v) is 14.6. The highest BCUT2D eigenvalue weighted by Gasteiger charge is 2.10. The van der Waals surface area contributed by atoms with Crippen molar-refractivity contribution in [2.45, 2.75) is 6.92 Å². The minimum absolute atomic E-state index is 0.198. The van der Waals surface area contributed by atoms with E-state index in [0.717, 1.165) is 0 Å². The molecule has 0 aliphatic carbocycles. The molecule has 27 heavy (non-hydrogen) atoms. The number of anilines is 2. The van der Waals surface area contributed by atoms with Crippen LogP contribution < -0.4 is 15.4 Å². The summed E-state index contributed by atoms with van der Waals surface area (Å²) >= 11 is 0. The van der Waals surface area contributed by atoms with Gasteiger partial charge in [-0.25, -0.2) is 4.79 Å². The molecule has 0 heterocycles. The first kappa shape index (κ1) is 19.6. The van der Waals surface area contributed by atoms with Crippen LogP contribution in [0.5, 0.6) is 5.75 Å². The van der Waals surface area contributed by atoms with Gasteiger partial charge in [-0.3, -0.25) is 14.4 Å². The minimum atomic E-state index is -0.744.